The van der Waals surface area contributed by atoms with Gasteiger partial charge in [0.2, 0.25) is 5.91 Å². The standard InChI is InChI=1S/C12H19N3O4/c1-8(16)13-9-4-6-14(7-9)12(19)15-5-2-3-10(15)11(17)18/h9-10H,2-7H2,1H3,(H,13,16)(H,17,18)/t9?,10-/m1/s1. The maximum absolute atomic E-state index is 12.3. The number of rotatable bonds is 2. The van der Waals surface area contributed by atoms with Crippen LogP contribution in [-0.4, -0.2) is 64.5 Å². The van der Waals surface area contributed by atoms with Gasteiger partial charge in [0.15, 0.2) is 0 Å². The van der Waals surface area contributed by atoms with Gasteiger partial charge in [0.05, 0.1) is 0 Å². The fourth-order valence-corrected chi connectivity index (χ4v) is 2.77. The summed E-state index contributed by atoms with van der Waals surface area (Å²) in [5.41, 5.74) is 0. The summed E-state index contributed by atoms with van der Waals surface area (Å²) >= 11 is 0. The van der Waals surface area contributed by atoms with E-state index < -0.39 is 12.0 Å². The average molecular weight is 269 g/mol. The lowest BCUT2D eigenvalue weighted by atomic mass is 10.2. The number of carbonyl (C=O) groups excluding carboxylic acids is 2. The van der Waals surface area contributed by atoms with Gasteiger partial charge in [-0.15, -0.1) is 0 Å². The summed E-state index contributed by atoms with van der Waals surface area (Å²) in [6.07, 6.45) is 1.96. The van der Waals surface area contributed by atoms with Gasteiger partial charge in [-0.1, -0.05) is 0 Å². The molecule has 19 heavy (non-hydrogen) atoms. The Hall–Kier alpha value is -1.79. The first-order valence-corrected chi connectivity index (χ1v) is 6.54. The number of urea groups is 1. The molecule has 2 N–H and O–H groups in total. The lowest BCUT2D eigenvalue weighted by molar-refractivity contribution is -0.141. The molecule has 2 atom stereocenters. The quantitative estimate of drug-likeness (QED) is 0.730. The summed E-state index contributed by atoms with van der Waals surface area (Å²) in [5.74, 6) is -1.05. The maximum Gasteiger partial charge on any atom is 0.326 e. The predicted octanol–water partition coefficient (Wildman–Crippen LogP) is -0.134. The van der Waals surface area contributed by atoms with Crippen molar-refractivity contribution >= 4 is 17.9 Å². The summed E-state index contributed by atoms with van der Waals surface area (Å²) in [7, 11) is 0. The van der Waals surface area contributed by atoms with Crippen LogP contribution in [0.1, 0.15) is 26.2 Å². The van der Waals surface area contributed by atoms with E-state index in [1.807, 2.05) is 0 Å². The third-order valence-corrected chi connectivity index (χ3v) is 3.65. The Labute approximate surface area is 111 Å². The van der Waals surface area contributed by atoms with Gasteiger partial charge in [0.25, 0.3) is 0 Å². The largest absolute Gasteiger partial charge is 0.480 e. The molecule has 2 saturated heterocycles. The molecule has 0 aliphatic carbocycles. The van der Waals surface area contributed by atoms with Crippen molar-refractivity contribution in [2.45, 2.75) is 38.3 Å². The Morgan fingerprint density at radius 1 is 1.21 bits per heavy atom. The molecule has 0 aromatic rings. The molecule has 106 valence electrons. The fourth-order valence-electron chi connectivity index (χ4n) is 2.77. The molecule has 2 fully saturated rings. The minimum Gasteiger partial charge on any atom is -0.480 e. The van der Waals surface area contributed by atoms with Crippen molar-refractivity contribution < 1.29 is 19.5 Å². The predicted molar refractivity (Wildman–Crippen MR) is 66.6 cm³/mol. The zero-order valence-electron chi connectivity index (χ0n) is 11.0. The zero-order valence-corrected chi connectivity index (χ0v) is 11.0. The van der Waals surface area contributed by atoms with E-state index in [2.05, 4.69) is 5.32 Å². The Balaban J connectivity index is 1.94. The first kappa shape index (κ1) is 13.6. The average Bonchev–Trinajstić information content (AvgIpc) is 2.94. The van der Waals surface area contributed by atoms with Crippen LogP contribution in [0.2, 0.25) is 0 Å². The molecule has 2 aliphatic rings. The highest BCUT2D eigenvalue weighted by Crippen LogP contribution is 2.21. The molecule has 0 radical (unpaired) electrons. The Morgan fingerprint density at radius 2 is 1.95 bits per heavy atom. The second-order valence-corrected chi connectivity index (χ2v) is 5.10. The molecule has 2 heterocycles. The third kappa shape index (κ3) is 2.97. The molecule has 7 nitrogen and oxygen atoms in total. The van der Waals surface area contributed by atoms with Gasteiger partial charge in [-0.05, 0) is 19.3 Å². The van der Waals surface area contributed by atoms with Gasteiger partial charge in [0.1, 0.15) is 6.04 Å². The van der Waals surface area contributed by atoms with E-state index in [1.54, 1.807) is 4.90 Å². The number of nitrogens with zero attached hydrogens (tertiary/aromatic N) is 2. The lowest BCUT2D eigenvalue weighted by Crippen LogP contribution is -2.48. The molecule has 3 amide bonds. The van der Waals surface area contributed by atoms with Gasteiger partial charge < -0.3 is 20.2 Å². The van der Waals surface area contributed by atoms with Gasteiger partial charge in [-0.25, -0.2) is 9.59 Å². The number of hydrogen-bond donors (Lipinski definition) is 2. The van der Waals surface area contributed by atoms with Crippen molar-refractivity contribution in [2.24, 2.45) is 0 Å². The van der Waals surface area contributed by atoms with E-state index in [1.165, 1.54) is 11.8 Å². The third-order valence-electron chi connectivity index (χ3n) is 3.65. The second-order valence-electron chi connectivity index (χ2n) is 5.10. The Kier molecular flexibility index (Phi) is 3.92. The van der Waals surface area contributed by atoms with Gasteiger partial charge in [-0.3, -0.25) is 4.79 Å². The van der Waals surface area contributed by atoms with Crippen molar-refractivity contribution in [3.05, 3.63) is 0 Å². The van der Waals surface area contributed by atoms with Crippen LogP contribution in [-0.2, 0) is 9.59 Å². The molecule has 2 rings (SSSR count). The number of carbonyl (C=O) groups is 3. The van der Waals surface area contributed by atoms with E-state index in [-0.39, 0.29) is 18.0 Å². The topological polar surface area (TPSA) is 90.0 Å². The molecular formula is C12H19N3O4. The number of nitrogens with one attached hydrogen (secondary N) is 1. The van der Waals surface area contributed by atoms with Crippen LogP contribution in [0.4, 0.5) is 4.79 Å². The van der Waals surface area contributed by atoms with Gasteiger partial charge in [-0.2, -0.15) is 0 Å². The normalized spacial score (nSPS) is 26.6. The molecule has 0 bridgehead atoms. The van der Waals surface area contributed by atoms with Crippen molar-refractivity contribution in [3.63, 3.8) is 0 Å². The first-order valence-electron chi connectivity index (χ1n) is 6.54. The van der Waals surface area contributed by atoms with E-state index in [9.17, 15) is 14.4 Å². The van der Waals surface area contributed by atoms with Crippen LogP contribution in [0, 0.1) is 0 Å². The second kappa shape index (κ2) is 5.46. The molecule has 7 heteroatoms. The van der Waals surface area contributed by atoms with Crippen LogP contribution in [0.3, 0.4) is 0 Å². The van der Waals surface area contributed by atoms with Gasteiger partial charge >= 0.3 is 12.0 Å². The summed E-state index contributed by atoms with van der Waals surface area (Å²) in [6, 6.07) is -0.947. The SMILES string of the molecule is CC(=O)NC1CCN(C(=O)N2CCC[C@@H]2C(=O)O)C1. The van der Waals surface area contributed by atoms with E-state index >= 15 is 0 Å². The highest BCUT2D eigenvalue weighted by Gasteiger charge is 2.38. The monoisotopic (exact) mass is 269 g/mol. The van der Waals surface area contributed by atoms with Crippen molar-refractivity contribution in [2.75, 3.05) is 19.6 Å². The summed E-state index contributed by atoms with van der Waals surface area (Å²) in [4.78, 5) is 37.4. The van der Waals surface area contributed by atoms with Gasteiger partial charge in [0, 0.05) is 32.6 Å². The van der Waals surface area contributed by atoms with Crippen LogP contribution in [0.15, 0.2) is 0 Å². The van der Waals surface area contributed by atoms with Crippen LogP contribution in [0.25, 0.3) is 0 Å². The molecule has 2 aliphatic heterocycles. The molecule has 0 aromatic carbocycles. The smallest absolute Gasteiger partial charge is 0.326 e. The summed E-state index contributed by atoms with van der Waals surface area (Å²) in [6.45, 7) is 2.97. The Bertz CT molecular complexity index is 398. The summed E-state index contributed by atoms with van der Waals surface area (Å²) in [5, 5.41) is 11.9. The molecule has 0 spiro atoms. The van der Waals surface area contributed by atoms with Crippen LogP contribution >= 0.6 is 0 Å². The van der Waals surface area contributed by atoms with Crippen LogP contribution in [0.5, 0.6) is 0 Å². The Morgan fingerprint density at radius 3 is 2.58 bits per heavy atom. The zero-order chi connectivity index (χ0) is 14.0. The number of carboxylic acid groups (broad SMARTS) is 1. The highest BCUT2D eigenvalue weighted by molar-refractivity contribution is 5.83. The fraction of sp³-hybridized carbons (Fsp3) is 0.750. The number of amides is 3. The van der Waals surface area contributed by atoms with Crippen molar-refractivity contribution in [3.8, 4) is 0 Å². The van der Waals surface area contributed by atoms with Crippen molar-refractivity contribution in [1.29, 1.82) is 0 Å². The first-order chi connectivity index (χ1) is 8.99. The number of likely N-dealkylation sites (tertiary alicyclic amines) is 2. The lowest BCUT2D eigenvalue weighted by Gasteiger charge is -2.27. The maximum atomic E-state index is 12.3. The summed E-state index contributed by atoms with van der Waals surface area (Å²) < 4.78 is 0. The highest BCUT2D eigenvalue weighted by atomic mass is 16.4. The number of carboxylic acids is 1. The van der Waals surface area contributed by atoms with Crippen molar-refractivity contribution in [1.82, 2.24) is 15.1 Å². The van der Waals surface area contributed by atoms with E-state index in [4.69, 9.17) is 5.11 Å². The minimum atomic E-state index is -0.941. The minimum absolute atomic E-state index is 0.0210. The van der Waals surface area contributed by atoms with E-state index in [0.29, 0.717) is 26.1 Å². The molecular weight excluding hydrogens is 250 g/mol. The van der Waals surface area contributed by atoms with Crippen LogP contribution < -0.4 is 5.32 Å². The number of aliphatic carboxylic acids is 1. The number of hydrogen-bond acceptors (Lipinski definition) is 3. The molecule has 0 saturated carbocycles. The van der Waals surface area contributed by atoms with E-state index in [0.717, 1.165) is 12.8 Å². The molecule has 0 aromatic heterocycles. The molecule has 1 unspecified atom stereocenters.